The molecular formula is C10H13Cl3Se. The summed E-state index contributed by atoms with van der Waals surface area (Å²) in [4.78, 5) is 0. The van der Waals surface area contributed by atoms with Gasteiger partial charge in [0.15, 0.2) is 0 Å². The van der Waals surface area contributed by atoms with Gasteiger partial charge in [-0.25, -0.2) is 0 Å². The molecule has 1 rings (SSSR count). The summed E-state index contributed by atoms with van der Waals surface area (Å²) in [6, 6.07) is 9.85. The fourth-order valence-corrected chi connectivity index (χ4v) is 8.38. The van der Waals surface area contributed by atoms with Crippen molar-refractivity contribution >= 4 is 47.3 Å². The summed E-state index contributed by atoms with van der Waals surface area (Å²) in [5, 5.41) is 0.812. The van der Waals surface area contributed by atoms with E-state index in [1.807, 2.05) is 37.3 Å². The molecule has 0 bridgehead atoms. The number of benzene rings is 1. The first-order valence-corrected chi connectivity index (χ1v) is 11.5. The second-order valence-corrected chi connectivity index (χ2v) is 14.1. The van der Waals surface area contributed by atoms with Crippen molar-refractivity contribution in [1.82, 2.24) is 0 Å². The average Bonchev–Trinajstić information content (AvgIpc) is 2.18. The predicted molar refractivity (Wildman–Crippen MR) is 68.3 cm³/mol. The van der Waals surface area contributed by atoms with Gasteiger partial charge in [0.05, 0.1) is 0 Å². The number of hydrogen-bond donors (Lipinski definition) is 0. The summed E-state index contributed by atoms with van der Waals surface area (Å²) >= 11 is 3.53. The van der Waals surface area contributed by atoms with E-state index < -0.39 is 11.0 Å². The average molecular weight is 319 g/mol. The predicted octanol–water partition coefficient (Wildman–Crippen LogP) is 3.83. The van der Waals surface area contributed by atoms with Crippen LogP contribution >= 0.6 is 31.8 Å². The van der Waals surface area contributed by atoms with Gasteiger partial charge in [-0.2, -0.15) is 0 Å². The Morgan fingerprint density at radius 3 is 2.29 bits per heavy atom. The Balaban J connectivity index is 2.75. The standard InChI is InChI=1S/C10H13Cl3Se/c1-2-9(11)8-14(12,13)10-6-4-3-5-7-10/h3-7,9H,2,8H2,1H3. The molecule has 0 nitrogen and oxygen atoms in total. The van der Waals surface area contributed by atoms with Gasteiger partial charge in [0.1, 0.15) is 0 Å². The van der Waals surface area contributed by atoms with Gasteiger partial charge >= 0.3 is 102 Å². The second kappa shape index (κ2) is 5.63. The molecule has 1 atom stereocenters. The number of alkyl halides is 1. The Morgan fingerprint density at radius 1 is 1.21 bits per heavy atom. The Labute approximate surface area is 101 Å². The van der Waals surface area contributed by atoms with Crippen molar-refractivity contribution in [1.29, 1.82) is 0 Å². The molecule has 0 saturated carbocycles. The summed E-state index contributed by atoms with van der Waals surface area (Å²) < 4.78 is 1.06. The molecule has 1 aromatic rings. The zero-order valence-corrected chi connectivity index (χ0v) is 11.9. The molecule has 1 aromatic carbocycles. The molecule has 0 aliphatic carbocycles. The fourth-order valence-electron chi connectivity index (χ4n) is 1.06. The van der Waals surface area contributed by atoms with Crippen LogP contribution in [0.15, 0.2) is 30.3 Å². The Hall–Kier alpha value is 0.609. The van der Waals surface area contributed by atoms with Gasteiger partial charge in [-0.3, -0.25) is 0 Å². The van der Waals surface area contributed by atoms with Crippen molar-refractivity contribution in [2.45, 2.75) is 24.0 Å². The van der Waals surface area contributed by atoms with Crippen molar-refractivity contribution in [3.05, 3.63) is 30.3 Å². The van der Waals surface area contributed by atoms with Gasteiger partial charge in [0.25, 0.3) is 0 Å². The molecule has 0 aliphatic heterocycles. The van der Waals surface area contributed by atoms with Crippen LogP contribution in [0.3, 0.4) is 0 Å². The molecule has 0 N–H and O–H groups in total. The molecule has 80 valence electrons. The van der Waals surface area contributed by atoms with E-state index in [-0.39, 0.29) is 5.38 Å². The third-order valence-electron chi connectivity index (χ3n) is 1.92. The van der Waals surface area contributed by atoms with Gasteiger partial charge in [-0.1, -0.05) is 0 Å². The SMILES string of the molecule is CCC(Cl)C[Se](Cl)(Cl)c1ccccc1. The molecule has 0 radical (unpaired) electrons. The Kier molecular flexibility index (Phi) is 5.10. The number of hydrogen-bond acceptors (Lipinski definition) is 0. The topological polar surface area (TPSA) is 0 Å². The van der Waals surface area contributed by atoms with Crippen molar-refractivity contribution in [3.63, 3.8) is 0 Å². The van der Waals surface area contributed by atoms with E-state index in [1.165, 1.54) is 0 Å². The molecule has 0 fully saturated rings. The van der Waals surface area contributed by atoms with Crippen molar-refractivity contribution in [2.24, 2.45) is 0 Å². The first-order valence-electron chi connectivity index (χ1n) is 4.45. The molecule has 0 aliphatic rings. The van der Waals surface area contributed by atoms with E-state index in [0.717, 1.165) is 16.2 Å². The molecule has 0 saturated heterocycles. The van der Waals surface area contributed by atoms with Crippen LogP contribution in [-0.4, -0.2) is 16.4 Å². The van der Waals surface area contributed by atoms with Gasteiger partial charge in [-0.15, -0.1) is 0 Å². The summed E-state index contributed by atoms with van der Waals surface area (Å²) in [6.45, 7) is 2.05. The summed E-state index contributed by atoms with van der Waals surface area (Å²) in [6.07, 6.45) is 0.910. The normalized spacial score (nSPS) is 15.1. The molecule has 14 heavy (non-hydrogen) atoms. The summed E-state index contributed by atoms with van der Waals surface area (Å²) in [5.74, 6) is 0. The van der Waals surface area contributed by atoms with Crippen LogP contribution in [0, 0.1) is 0 Å². The van der Waals surface area contributed by atoms with Crippen LogP contribution in [-0.2, 0) is 0 Å². The van der Waals surface area contributed by atoms with E-state index in [9.17, 15) is 0 Å². The molecule has 4 heteroatoms. The summed E-state index contributed by atoms with van der Waals surface area (Å²) in [7, 11) is 12.7. The summed E-state index contributed by atoms with van der Waals surface area (Å²) in [5.41, 5.74) is 0. The van der Waals surface area contributed by atoms with E-state index in [2.05, 4.69) is 0 Å². The van der Waals surface area contributed by atoms with Crippen molar-refractivity contribution < 1.29 is 0 Å². The van der Waals surface area contributed by atoms with Crippen LogP contribution in [0.4, 0.5) is 0 Å². The zero-order chi connectivity index (χ0) is 10.6. The van der Waals surface area contributed by atoms with Crippen LogP contribution in [0.2, 0.25) is 5.32 Å². The number of rotatable bonds is 4. The Bertz CT molecular complexity index is 274. The maximum atomic E-state index is 6.37. The van der Waals surface area contributed by atoms with Crippen molar-refractivity contribution in [3.8, 4) is 0 Å². The van der Waals surface area contributed by atoms with Gasteiger partial charge in [-0.05, 0) is 0 Å². The van der Waals surface area contributed by atoms with Gasteiger partial charge in [0.2, 0.25) is 0 Å². The van der Waals surface area contributed by atoms with Crippen molar-refractivity contribution in [2.75, 3.05) is 0 Å². The maximum absolute atomic E-state index is 6.37. The molecular weight excluding hydrogens is 305 g/mol. The van der Waals surface area contributed by atoms with Crippen LogP contribution < -0.4 is 4.46 Å². The second-order valence-electron chi connectivity index (χ2n) is 3.06. The fraction of sp³-hybridized carbons (Fsp3) is 0.400. The van der Waals surface area contributed by atoms with Crippen LogP contribution in [0.5, 0.6) is 0 Å². The minimum absolute atomic E-state index is 0.0882. The molecule has 0 heterocycles. The van der Waals surface area contributed by atoms with Gasteiger partial charge < -0.3 is 0 Å². The van der Waals surface area contributed by atoms with E-state index in [0.29, 0.717) is 0 Å². The third kappa shape index (κ3) is 3.64. The Morgan fingerprint density at radius 2 is 1.79 bits per heavy atom. The van der Waals surface area contributed by atoms with Gasteiger partial charge in [0, 0.05) is 0 Å². The zero-order valence-electron chi connectivity index (χ0n) is 7.92. The number of halogens is 3. The van der Waals surface area contributed by atoms with Crippen LogP contribution in [0.25, 0.3) is 0 Å². The first kappa shape index (κ1) is 12.7. The monoisotopic (exact) mass is 318 g/mol. The molecule has 1 unspecified atom stereocenters. The molecule has 0 aromatic heterocycles. The third-order valence-corrected chi connectivity index (χ3v) is 9.70. The van der Waals surface area contributed by atoms with Crippen LogP contribution in [0.1, 0.15) is 13.3 Å². The van der Waals surface area contributed by atoms with E-state index in [1.54, 1.807) is 0 Å². The van der Waals surface area contributed by atoms with E-state index >= 15 is 0 Å². The quantitative estimate of drug-likeness (QED) is 0.585. The molecule has 0 spiro atoms. The minimum atomic E-state index is -2.54. The first-order chi connectivity index (χ1) is 6.56. The van der Waals surface area contributed by atoms with E-state index in [4.69, 9.17) is 31.8 Å². The molecule has 0 amide bonds.